The standard InChI is InChI=1S/C9H8BrNS/c1-5-3-6(2)11-7-4-8(10)12-9(5)7/h3-4H,1-2H3. The van der Waals surface area contributed by atoms with Gasteiger partial charge in [0.1, 0.15) is 0 Å². The zero-order valence-corrected chi connectivity index (χ0v) is 9.29. The lowest BCUT2D eigenvalue weighted by molar-refractivity contribution is 1.24. The highest BCUT2D eigenvalue weighted by Crippen LogP contribution is 2.30. The molecule has 0 bridgehead atoms. The minimum atomic E-state index is 1.09. The molecule has 2 heterocycles. The number of hydrogen-bond acceptors (Lipinski definition) is 2. The van der Waals surface area contributed by atoms with Gasteiger partial charge in [-0.15, -0.1) is 11.3 Å². The van der Waals surface area contributed by atoms with Gasteiger partial charge in [-0.2, -0.15) is 0 Å². The van der Waals surface area contributed by atoms with Crippen molar-refractivity contribution >= 4 is 37.5 Å². The van der Waals surface area contributed by atoms with Gasteiger partial charge in [-0.3, -0.25) is 4.98 Å². The molecule has 3 heteroatoms. The molecule has 0 aromatic carbocycles. The monoisotopic (exact) mass is 241 g/mol. The number of hydrogen-bond donors (Lipinski definition) is 0. The quantitative estimate of drug-likeness (QED) is 0.686. The summed E-state index contributed by atoms with van der Waals surface area (Å²) in [6.07, 6.45) is 0. The van der Waals surface area contributed by atoms with Crippen molar-refractivity contribution in [2.75, 3.05) is 0 Å². The number of nitrogens with zero attached hydrogens (tertiary/aromatic N) is 1. The highest BCUT2D eigenvalue weighted by Gasteiger charge is 2.03. The maximum Gasteiger partial charge on any atom is 0.0827 e. The number of rotatable bonds is 0. The third-order valence-corrected chi connectivity index (χ3v) is 3.53. The third-order valence-electron chi connectivity index (χ3n) is 1.76. The second kappa shape index (κ2) is 2.82. The molecule has 0 spiro atoms. The van der Waals surface area contributed by atoms with E-state index < -0.39 is 0 Å². The van der Waals surface area contributed by atoms with E-state index in [4.69, 9.17) is 0 Å². The van der Waals surface area contributed by atoms with Gasteiger partial charge in [-0.1, -0.05) is 0 Å². The van der Waals surface area contributed by atoms with Gasteiger partial charge in [0.15, 0.2) is 0 Å². The fraction of sp³-hybridized carbons (Fsp3) is 0.222. The topological polar surface area (TPSA) is 12.9 Å². The van der Waals surface area contributed by atoms with Crippen LogP contribution in [0.25, 0.3) is 10.2 Å². The zero-order valence-electron chi connectivity index (χ0n) is 6.89. The second-order valence-electron chi connectivity index (χ2n) is 2.85. The van der Waals surface area contributed by atoms with Gasteiger partial charge in [-0.25, -0.2) is 0 Å². The Bertz CT molecular complexity index is 433. The molecule has 0 saturated heterocycles. The molecule has 2 aromatic heterocycles. The Labute approximate surface area is 83.6 Å². The predicted molar refractivity (Wildman–Crippen MR) is 56.8 cm³/mol. The summed E-state index contributed by atoms with van der Waals surface area (Å²) in [6, 6.07) is 4.19. The summed E-state index contributed by atoms with van der Waals surface area (Å²) in [5.41, 5.74) is 3.50. The molecule has 0 unspecified atom stereocenters. The normalized spacial score (nSPS) is 10.9. The molecule has 62 valence electrons. The van der Waals surface area contributed by atoms with Gasteiger partial charge in [0, 0.05) is 5.69 Å². The maximum atomic E-state index is 4.44. The first-order valence-electron chi connectivity index (χ1n) is 3.70. The fourth-order valence-corrected chi connectivity index (χ4v) is 2.82. The van der Waals surface area contributed by atoms with E-state index in [1.807, 2.05) is 6.92 Å². The highest BCUT2D eigenvalue weighted by atomic mass is 79.9. The summed E-state index contributed by atoms with van der Waals surface area (Å²) >= 11 is 5.20. The average molecular weight is 242 g/mol. The van der Waals surface area contributed by atoms with Crippen LogP contribution in [0.1, 0.15) is 11.3 Å². The molecule has 0 amide bonds. The van der Waals surface area contributed by atoms with Gasteiger partial charge < -0.3 is 0 Å². The van der Waals surface area contributed by atoms with Crippen LogP contribution < -0.4 is 0 Å². The number of aryl methyl sites for hydroxylation is 2. The lowest BCUT2D eigenvalue weighted by Gasteiger charge is -1.96. The van der Waals surface area contributed by atoms with Crippen molar-refractivity contribution in [1.82, 2.24) is 4.98 Å². The minimum absolute atomic E-state index is 1.09. The zero-order chi connectivity index (χ0) is 8.72. The molecule has 0 atom stereocenters. The summed E-state index contributed by atoms with van der Waals surface area (Å²) < 4.78 is 2.44. The number of fused-ring (bicyclic) bond motifs is 1. The van der Waals surface area contributed by atoms with Crippen LogP contribution in [0.5, 0.6) is 0 Å². The lowest BCUT2D eigenvalue weighted by Crippen LogP contribution is -1.82. The Morgan fingerprint density at radius 3 is 2.83 bits per heavy atom. The molecule has 1 nitrogen and oxygen atoms in total. The van der Waals surface area contributed by atoms with Gasteiger partial charge in [0.2, 0.25) is 0 Å². The van der Waals surface area contributed by atoms with Crippen LogP contribution in [0.15, 0.2) is 15.9 Å². The smallest absolute Gasteiger partial charge is 0.0827 e. The van der Waals surface area contributed by atoms with E-state index in [9.17, 15) is 0 Å². The molecular weight excluding hydrogens is 234 g/mol. The first-order chi connectivity index (χ1) is 5.66. The van der Waals surface area contributed by atoms with Crippen LogP contribution in [-0.2, 0) is 0 Å². The van der Waals surface area contributed by atoms with Crippen LogP contribution in [-0.4, -0.2) is 4.98 Å². The Balaban J connectivity index is 2.88. The van der Waals surface area contributed by atoms with Crippen LogP contribution in [0.4, 0.5) is 0 Å². The Kier molecular flexibility index (Phi) is 1.93. The Morgan fingerprint density at radius 2 is 2.08 bits per heavy atom. The summed E-state index contributed by atoms with van der Waals surface area (Å²) in [7, 11) is 0. The SMILES string of the molecule is Cc1cc(C)c2sc(Br)cc2n1. The number of halogens is 1. The van der Waals surface area contributed by atoms with E-state index in [1.165, 1.54) is 10.3 Å². The second-order valence-corrected chi connectivity index (χ2v) is 5.28. The first kappa shape index (κ1) is 8.20. The molecule has 2 rings (SSSR count). The van der Waals surface area contributed by atoms with Gasteiger partial charge >= 0.3 is 0 Å². The fourth-order valence-electron chi connectivity index (χ4n) is 1.32. The van der Waals surface area contributed by atoms with Crippen molar-refractivity contribution in [1.29, 1.82) is 0 Å². The van der Waals surface area contributed by atoms with E-state index >= 15 is 0 Å². The van der Waals surface area contributed by atoms with E-state index in [1.54, 1.807) is 11.3 Å². The molecular formula is C9H8BrNS. The van der Waals surface area contributed by atoms with Crippen molar-refractivity contribution in [2.24, 2.45) is 0 Å². The summed E-state index contributed by atoms with van der Waals surface area (Å²) in [5.74, 6) is 0. The molecule has 0 aliphatic carbocycles. The van der Waals surface area contributed by atoms with Gasteiger partial charge in [0.05, 0.1) is 14.0 Å². The highest BCUT2D eigenvalue weighted by molar-refractivity contribution is 9.11. The largest absolute Gasteiger partial charge is 0.252 e. The number of thiophene rings is 1. The number of pyridine rings is 1. The third kappa shape index (κ3) is 1.27. The first-order valence-corrected chi connectivity index (χ1v) is 5.31. The van der Waals surface area contributed by atoms with Gasteiger partial charge in [-0.05, 0) is 47.5 Å². The van der Waals surface area contributed by atoms with Crippen molar-refractivity contribution in [3.05, 3.63) is 27.2 Å². The van der Waals surface area contributed by atoms with Crippen LogP contribution >= 0.6 is 27.3 Å². The Morgan fingerprint density at radius 1 is 1.33 bits per heavy atom. The summed E-state index contributed by atoms with van der Waals surface area (Å²) in [5, 5.41) is 0. The minimum Gasteiger partial charge on any atom is -0.252 e. The maximum absolute atomic E-state index is 4.44. The van der Waals surface area contributed by atoms with Crippen molar-refractivity contribution in [2.45, 2.75) is 13.8 Å². The molecule has 0 N–H and O–H groups in total. The van der Waals surface area contributed by atoms with Crippen LogP contribution in [0.3, 0.4) is 0 Å². The Hall–Kier alpha value is -0.410. The van der Waals surface area contributed by atoms with Crippen molar-refractivity contribution in [3.8, 4) is 0 Å². The van der Waals surface area contributed by atoms with Crippen LogP contribution in [0.2, 0.25) is 0 Å². The molecule has 0 fully saturated rings. The average Bonchev–Trinajstić information content (AvgIpc) is 2.29. The number of aromatic nitrogens is 1. The molecule has 0 saturated carbocycles. The predicted octanol–water partition coefficient (Wildman–Crippen LogP) is 3.68. The summed E-state index contributed by atoms with van der Waals surface area (Å²) in [4.78, 5) is 4.44. The molecule has 2 aromatic rings. The van der Waals surface area contributed by atoms with Crippen molar-refractivity contribution < 1.29 is 0 Å². The van der Waals surface area contributed by atoms with E-state index in [0.29, 0.717) is 0 Å². The molecule has 12 heavy (non-hydrogen) atoms. The molecule has 0 aliphatic rings. The molecule has 0 aliphatic heterocycles. The van der Waals surface area contributed by atoms with E-state index in [-0.39, 0.29) is 0 Å². The van der Waals surface area contributed by atoms with Crippen LogP contribution in [0, 0.1) is 13.8 Å². The van der Waals surface area contributed by atoms with E-state index in [2.05, 4.69) is 40.0 Å². The lowest BCUT2D eigenvalue weighted by atomic mass is 10.2. The van der Waals surface area contributed by atoms with Crippen molar-refractivity contribution in [3.63, 3.8) is 0 Å². The van der Waals surface area contributed by atoms with E-state index in [0.717, 1.165) is 15.0 Å². The summed E-state index contributed by atoms with van der Waals surface area (Å²) in [6.45, 7) is 4.15. The van der Waals surface area contributed by atoms with Gasteiger partial charge in [0.25, 0.3) is 0 Å². The molecule has 0 radical (unpaired) electrons.